The molecule has 0 unspecified atom stereocenters. The minimum absolute atomic E-state index is 0.0245. The van der Waals surface area contributed by atoms with Crippen LogP contribution in [0.3, 0.4) is 0 Å². The molecule has 0 bridgehead atoms. The highest BCUT2D eigenvalue weighted by molar-refractivity contribution is 5.94. The fraction of sp³-hybridized carbons (Fsp3) is 0.611. The number of esters is 1. The van der Waals surface area contributed by atoms with Gasteiger partial charge in [-0.3, -0.25) is 0 Å². The molecule has 0 aliphatic heterocycles. The van der Waals surface area contributed by atoms with Gasteiger partial charge in [0.05, 0.1) is 6.61 Å². The standard InChI is InChI=1S/C18H28O4/c1-3-5-6-7-8-9-10-11-14-12-15(19)13-16(20)17(14)18(21)22-4-2/h12-13,19-20H,3-11H2,1-2H3. The third kappa shape index (κ3) is 5.96. The van der Waals surface area contributed by atoms with E-state index in [9.17, 15) is 15.0 Å². The first kappa shape index (κ1) is 18.3. The molecule has 0 fully saturated rings. The van der Waals surface area contributed by atoms with Gasteiger partial charge in [-0.15, -0.1) is 0 Å². The van der Waals surface area contributed by atoms with E-state index in [-0.39, 0.29) is 23.7 Å². The number of carbonyl (C=O) groups excluding carboxylic acids is 1. The number of hydrogen-bond donors (Lipinski definition) is 2. The Morgan fingerprint density at radius 1 is 1.00 bits per heavy atom. The molecule has 0 spiro atoms. The summed E-state index contributed by atoms with van der Waals surface area (Å²) in [6.07, 6.45) is 8.90. The van der Waals surface area contributed by atoms with Crippen LogP contribution in [-0.4, -0.2) is 22.8 Å². The second-order valence-electron chi connectivity index (χ2n) is 5.59. The van der Waals surface area contributed by atoms with Crippen LogP contribution in [0.25, 0.3) is 0 Å². The van der Waals surface area contributed by atoms with E-state index in [4.69, 9.17) is 4.74 Å². The first-order valence-electron chi connectivity index (χ1n) is 8.32. The molecule has 4 heteroatoms. The van der Waals surface area contributed by atoms with E-state index in [1.54, 1.807) is 13.0 Å². The minimum Gasteiger partial charge on any atom is -0.508 e. The molecule has 0 aliphatic rings. The number of aromatic hydroxyl groups is 2. The number of aryl methyl sites for hydroxylation is 1. The quantitative estimate of drug-likeness (QED) is 0.491. The zero-order valence-corrected chi connectivity index (χ0v) is 13.7. The van der Waals surface area contributed by atoms with Gasteiger partial charge in [-0.05, 0) is 31.4 Å². The highest BCUT2D eigenvalue weighted by atomic mass is 16.5. The van der Waals surface area contributed by atoms with Gasteiger partial charge in [-0.1, -0.05) is 45.4 Å². The number of benzene rings is 1. The van der Waals surface area contributed by atoms with Gasteiger partial charge >= 0.3 is 5.97 Å². The predicted molar refractivity (Wildman–Crippen MR) is 87.4 cm³/mol. The van der Waals surface area contributed by atoms with E-state index in [2.05, 4.69) is 6.92 Å². The van der Waals surface area contributed by atoms with Crippen molar-refractivity contribution in [2.75, 3.05) is 6.61 Å². The van der Waals surface area contributed by atoms with Crippen molar-refractivity contribution in [1.82, 2.24) is 0 Å². The molecule has 0 amide bonds. The van der Waals surface area contributed by atoms with Crippen molar-refractivity contribution in [1.29, 1.82) is 0 Å². The smallest absolute Gasteiger partial charge is 0.342 e. The highest BCUT2D eigenvalue weighted by Crippen LogP contribution is 2.29. The average molecular weight is 308 g/mol. The van der Waals surface area contributed by atoms with E-state index in [0.29, 0.717) is 12.0 Å². The summed E-state index contributed by atoms with van der Waals surface area (Å²) in [5.74, 6) is -0.766. The summed E-state index contributed by atoms with van der Waals surface area (Å²) in [5.41, 5.74) is 0.843. The van der Waals surface area contributed by atoms with E-state index in [0.717, 1.165) is 12.8 Å². The van der Waals surface area contributed by atoms with Crippen molar-refractivity contribution in [3.63, 3.8) is 0 Å². The van der Waals surface area contributed by atoms with Gasteiger partial charge in [-0.25, -0.2) is 4.79 Å². The molecule has 0 aliphatic carbocycles. The Hall–Kier alpha value is -1.71. The normalized spacial score (nSPS) is 10.6. The molecule has 2 N–H and O–H groups in total. The number of ether oxygens (including phenoxy) is 1. The highest BCUT2D eigenvalue weighted by Gasteiger charge is 2.18. The van der Waals surface area contributed by atoms with Crippen LogP contribution < -0.4 is 0 Å². The zero-order chi connectivity index (χ0) is 16.4. The zero-order valence-electron chi connectivity index (χ0n) is 13.7. The van der Waals surface area contributed by atoms with Gasteiger partial charge in [0.25, 0.3) is 0 Å². The summed E-state index contributed by atoms with van der Waals surface area (Å²) in [4.78, 5) is 11.9. The lowest BCUT2D eigenvalue weighted by atomic mass is 9.99. The SMILES string of the molecule is CCCCCCCCCc1cc(O)cc(O)c1C(=O)OCC. The number of phenolic OH excluding ortho intramolecular Hbond substituents is 2. The Bertz CT molecular complexity index is 468. The largest absolute Gasteiger partial charge is 0.508 e. The summed E-state index contributed by atoms with van der Waals surface area (Å²) in [7, 11) is 0. The second-order valence-corrected chi connectivity index (χ2v) is 5.59. The number of hydrogen-bond acceptors (Lipinski definition) is 4. The molecule has 1 rings (SSSR count). The molecule has 124 valence electrons. The molecule has 1 aromatic rings. The van der Waals surface area contributed by atoms with E-state index < -0.39 is 5.97 Å². The molecular formula is C18H28O4. The Morgan fingerprint density at radius 2 is 1.64 bits per heavy atom. The fourth-order valence-electron chi connectivity index (χ4n) is 2.58. The number of carbonyl (C=O) groups is 1. The lowest BCUT2D eigenvalue weighted by Gasteiger charge is -2.11. The summed E-state index contributed by atoms with van der Waals surface area (Å²) < 4.78 is 4.98. The lowest BCUT2D eigenvalue weighted by molar-refractivity contribution is 0.0521. The van der Waals surface area contributed by atoms with Gasteiger partial charge < -0.3 is 14.9 Å². The van der Waals surface area contributed by atoms with Crippen molar-refractivity contribution < 1.29 is 19.7 Å². The van der Waals surface area contributed by atoms with E-state index in [1.807, 2.05) is 0 Å². The Balaban J connectivity index is 2.59. The van der Waals surface area contributed by atoms with Crippen molar-refractivity contribution in [2.24, 2.45) is 0 Å². The Morgan fingerprint density at radius 3 is 2.27 bits per heavy atom. The Labute approximate surface area is 133 Å². The molecule has 0 radical (unpaired) electrons. The molecule has 0 atom stereocenters. The predicted octanol–water partition coefficient (Wildman–Crippen LogP) is 4.57. The molecule has 22 heavy (non-hydrogen) atoms. The van der Waals surface area contributed by atoms with Gasteiger partial charge in [0.15, 0.2) is 0 Å². The van der Waals surface area contributed by atoms with Crippen molar-refractivity contribution in [3.05, 3.63) is 23.3 Å². The van der Waals surface area contributed by atoms with Crippen LogP contribution in [0.15, 0.2) is 12.1 Å². The molecule has 0 heterocycles. The van der Waals surface area contributed by atoms with Gasteiger partial charge in [0, 0.05) is 6.07 Å². The number of phenols is 2. The maximum Gasteiger partial charge on any atom is 0.342 e. The van der Waals surface area contributed by atoms with E-state index >= 15 is 0 Å². The van der Waals surface area contributed by atoms with Gasteiger partial charge in [0.1, 0.15) is 17.1 Å². The van der Waals surface area contributed by atoms with Crippen LogP contribution in [-0.2, 0) is 11.2 Å². The summed E-state index contributed by atoms with van der Waals surface area (Å²) in [6.45, 7) is 4.19. The van der Waals surface area contributed by atoms with Crippen LogP contribution in [0.5, 0.6) is 11.5 Å². The van der Waals surface area contributed by atoms with Crippen LogP contribution in [0.1, 0.15) is 74.7 Å². The maximum atomic E-state index is 11.9. The van der Waals surface area contributed by atoms with Gasteiger partial charge in [-0.2, -0.15) is 0 Å². The Kier molecular flexibility index (Phi) is 8.41. The second kappa shape index (κ2) is 10.1. The van der Waals surface area contributed by atoms with E-state index in [1.165, 1.54) is 38.2 Å². The molecular weight excluding hydrogens is 280 g/mol. The first-order valence-corrected chi connectivity index (χ1v) is 8.32. The fourth-order valence-corrected chi connectivity index (χ4v) is 2.58. The van der Waals surface area contributed by atoms with Crippen molar-refractivity contribution in [3.8, 4) is 11.5 Å². The molecule has 4 nitrogen and oxygen atoms in total. The van der Waals surface area contributed by atoms with Crippen LogP contribution in [0, 0.1) is 0 Å². The maximum absolute atomic E-state index is 11.9. The lowest BCUT2D eigenvalue weighted by Crippen LogP contribution is -2.08. The third-order valence-corrected chi connectivity index (χ3v) is 3.71. The summed E-state index contributed by atoms with van der Waals surface area (Å²) >= 11 is 0. The van der Waals surface area contributed by atoms with Gasteiger partial charge in [0.2, 0.25) is 0 Å². The summed E-state index contributed by atoms with van der Waals surface area (Å²) in [5, 5.41) is 19.5. The van der Waals surface area contributed by atoms with Crippen LogP contribution in [0.2, 0.25) is 0 Å². The first-order chi connectivity index (χ1) is 10.6. The minimum atomic E-state index is -0.530. The monoisotopic (exact) mass is 308 g/mol. The van der Waals surface area contributed by atoms with Crippen LogP contribution >= 0.6 is 0 Å². The third-order valence-electron chi connectivity index (χ3n) is 3.71. The van der Waals surface area contributed by atoms with Crippen LogP contribution in [0.4, 0.5) is 0 Å². The average Bonchev–Trinajstić information content (AvgIpc) is 2.45. The number of rotatable bonds is 10. The molecule has 1 aromatic carbocycles. The topological polar surface area (TPSA) is 66.8 Å². The number of unbranched alkanes of at least 4 members (excludes halogenated alkanes) is 6. The van der Waals surface area contributed by atoms with Crippen molar-refractivity contribution in [2.45, 2.75) is 65.2 Å². The van der Waals surface area contributed by atoms with Crippen molar-refractivity contribution >= 4 is 5.97 Å². The molecule has 0 saturated heterocycles. The summed E-state index contributed by atoms with van der Waals surface area (Å²) in [6, 6.07) is 2.73. The molecule has 0 saturated carbocycles. The molecule has 0 aromatic heterocycles.